The van der Waals surface area contributed by atoms with E-state index >= 15 is 0 Å². The molecule has 3 heterocycles. The first kappa shape index (κ1) is 17.6. The second-order valence-corrected chi connectivity index (χ2v) is 8.37. The quantitative estimate of drug-likeness (QED) is 0.847. The third kappa shape index (κ3) is 3.41. The Labute approximate surface area is 157 Å². The van der Waals surface area contributed by atoms with Gasteiger partial charge in [-0.15, -0.1) is 11.3 Å². The Kier molecular flexibility index (Phi) is 5.07. The van der Waals surface area contributed by atoms with Crippen molar-refractivity contribution in [3.63, 3.8) is 0 Å². The van der Waals surface area contributed by atoms with Gasteiger partial charge in [0, 0.05) is 24.1 Å². The van der Waals surface area contributed by atoms with E-state index in [1.165, 1.54) is 16.9 Å². The van der Waals surface area contributed by atoms with Crippen molar-refractivity contribution in [2.24, 2.45) is 11.7 Å². The van der Waals surface area contributed by atoms with Gasteiger partial charge >= 0.3 is 0 Å². The topological polar surface area (TPSA) is 79.5 Å². The molecule has 1 unspecified atom stereocenters. The number of carbonyl (C=O) groups is 1. The zero-order valence-electron chi connectivity index (χ0n) is 14.8. The van der Waals surface area contributed by atoms with Crippen LogP contribution < -0.4 is 5.73 Å². The SMILES string of the molecule is N[C@@H](Cc1ccccc1)c1nc(C(=O)N2[C@@H]3CC[C@H]2CC(CO)C3)cs1. The summed E-state index contributed by atoms with van der Waals surface area (Å²) in [6, 6.07) is 10.4. The number of benzene rings is 1. The van der Waals surface area contributed by atoms with Gasteiger partial charge in [0.2, 0.25) is 0 Å². The number of piperidine rings is 1. The van der Waals surface area contributed by atoms with Gasteiger partial charge in [-0.05, 0) is 43.6 Å². The molecule has 2 aromatic rings. The predicted molar refractivity (Wildman–Crippen MR) is 102 cm³/mol. The van der Waals surface area contributed by atoms with Gasteiger partial charge in [-0.1, -0.05) is 30.3 Å². The van der Waals surface area contributed by atoms with Crippen LogP contribution in [0.1, 0.15) is 52.8 Å². The van der Waals surface area contributed by atoms with Crippen molar-refractivity contribution in [3.8, 4) is 0 Å². The molecular formula is C20H25N3O2S. The number of hydrogen-bond donors (Lipinski definition) is 2. The highest BCUT2D eigenvalue weighted by atomic mass is 32.1. The monoisotopic (exact) mass is 371 g/mol. The van der Waals surface area contributed by atoms with Crippen molar-refractivity contribution >= 4 is 17.2 Å². The third-order valence-corrected chi connectivity index (χ3v) is 6.66. The Morgan fingerprint density at radius 3 is 2.62 bits per heavy atom. The van der Waals surface area contributed by atoms with Gasteiger partial charge in [0.25, 0.3) is 5.91 Å². The summed E-state index contributed by atoms with van der Waals surface area (Å²) in [6.45, 7) is 0.226. The van der Waals surface area contributed by atoms with Crippen molar-refractivity contribution in [2.45, 2.75) is 50.2 Å². The lowest BCUT2D eigenvalue weighted by atomic mass is 9.91. The smallest absolute Gasteiger partial charge is 0.273 e. The molecule has 2 aliphatic heterocycles. The number of carbonyl (C=O) groups excluding carboxylic acids is 1. The molecule has 4 rings (SSSR count). The van der Waals surface area contributed by atoms with Crippen LogP contribution in [0.25, 0.3) is 0 Å². The molecular weight excluding hydrogens is 346 g/mol. The summed E-state index contributed by atoms with van der Waals surface area (Å²) in [5.41, 5.74) is 8.01. The molecule has 1 amide bonds. The summed E-state index contributed by atoms with van der Waals surface area (Å²) in [5, 5.41) is 12.1. The zero-order valence-corrected chi connectivity index (χ0v) is 15.6. The van der Waals surface area contributed by atoms with Crippen LogP contribution in [0.2, 0.25) is 0 Å². The van der Waals surface area contributed by atoms with Crippen molar-refractivity contribution in [3.05, 3.63) is 52.0 Å². The van der Waals surface area contributed by atoms with Crippen LogP contribution in [0.3, 0.4) is 0 Å². The van der Waals surface area contributed by atoms with Crippen molar-refractivity contribution in [1.29, 1.82) is 0 Å². The molecule has 26 heavy (non-hydrogen) atoms. The van der Waals surface area contributed by atoms with Crippen LogP contribution >= 0.6 is 11.3 Å². The minimum atomic E-state index is -0.194. The lowest BCUT2D eigenvalue weighted by Crippen LogP contribution is -2.47. The second kappa shape index (κ2) is 7.47. The minimum Gasteiger partial charge on any atom is -0.396 e. The van der Waals surface area contributed by atoms with E-state index in [2.05, 4.69) is 17.1 Å². The van der Waals surface area contributed by atoms with Crippen LogP contribution in [0.4, 0.5) is 0 Å². The van der Waals surface area contributed by atoms with E-state index in [-0.39, 0.29) is 30.6 Å². The molecule has 0 saturated carbocycles. The van der Waals surface area contributed by atoms with Gasteiger partial charge in [-0.3, -0.25) is 4.79 Å². The van der Waals surface area contributed by atoms with Crippen LogP contribution in [-0.4, -0.2) is 39.6 Å². The number of thiazole rings is 1. The first-order chi connectivity index (χ1) is 12.7. The van der Waals surface area contributed by atoms with Gasteiger partial charge in [0.1, 0.15) is 10.7 Å². The Balaban J connectivity index is 1.45. The Morgan fingerprint density at radius 1 is 1.27 bits per heavy atom. The maximum absolute atomic E-state index is 13.0. The highest BCUT2D eigenvalue weighted by Crippen LogP contribution is 2.39. The first-order valence-corrected chi connectivity index (χ1v) is 10.2. The number of hydrogen-bond acceptors (Lipinski definition) is 5. The highest BCUT2D eigenvalue weighted by molar-refractivity contribution is 7.09. The van der Waals surface area contributed by atoms with E-state index in [0.717, 1.165) is 37.1 Å². The number of nitrogens with two attached hydrogens (primary N) is 1. The fourth-order valence-corrected chi connectivity index (χ4v) is 5.21. The van der Waals surface area contributed by atoms with E-state index in [1.807, 2.05) is 28.5 Å². The fourth-order valence-electron chi connectivity index (χ4n) is 4.41. The number of aliphatic hydroxyl groups excluding tert-OH is 1. The van der Waals surface area contributed by atoms with Crippen molar-refractivity contribution < 1.29 is 9.90 Å². The summed E-state index contributed by atoms with van der Waals surface area (Å²) in [4.78, 5) is 19.6. The average molecular weight is 372 g/mol. The fraction of sp³-hybridized carbons (Fsp3) is 0.500. The Bertz CT molecular complexity index is 749. The summed E-state index contributed by atoms with van der Waals surface area (Å²) in [5.74, 6) is 0.366. The summed E-state index contributed by atoms with van der Waals surface area (Å²) < 4.78 is 0. The molecule has 4 atom stereocenters. The standard InChI is InChI=1S/C20H25N3O2S/c21-17(10-13-4-2-1-3-5-13)19-22-18(12-26-19)20(25)23-15-6-7-16(23)9-14(8-15)11-24/h1-5,12,14-17,24H,6-11,21H2/t14?,15-,16+,17-/m0/s1. The minimum absolute atomic E-state index is 0.0308. The number of rotatable bonds is 5. The largest absolute Gasteiger partial charge is 0.396 e. The average Bonchev–Trinajstić information content (AvgIpc) is 3.25. The third-order valence-electron chi connectivity index (χ3n) is 5.68. The number of fused-ring (bicyclic) bond motifs is 2. The van der Waals surface area contributed by atoms with Gasteiger partial charge in [0.15, 0.2) is 0 Å². The number of amides is 1. The van der Waals surface area contributed by atoms with Crippen LogP contribution in [0.15, 0.2) is 35.7 Å². The predicted octanol–water partition coefficient (Wildman–Crippen LogP) is 2.76. The van der Waals surface area contributed by atoms with Gasteiger partial charge in [-0.25, -0.2) is 4.98 Å². The van der Waals surface area contributed by atoms with E-state index in [4.69, 9.17) is 5.73 Å². The molecule has 3 N–H and O–H groups in total. The van der Waals surface area contributed by atoms with E-state index in [0.29, 0.717) is 11.6 Å². The summed E-state index contributed by atoms with van der Waals surface area (Å²) in [7, 11) is 0. The molecule has 0 radical (unpaired) electrons. The summed E-state index contributed by atoms with van der Waals surface area (Å²) in [6.07, 6.45) is 4.61. The van der Waals surface area contributed by atoms with Crippen LogP contribution in [-0.2, 0) is 6.42 Å². The molecule has 138 valence electrons. The number of aliphatic hydroxyl groups is 1. The molecule has 5 nitrogen and oxygen atoms in total. The first-order valence-electron chi connectivity index (χ1n) is 9.34. The molecule has 2 bridgehead atoms. The van der Waals surface area contributed by atoms with E-state index in [1.54, 1.807) is 0 Å². The van der Waals surface area contributed by atoms with E-state index in [9.17, 15) is 9.90 Å². The maximum Gasteiger partial charge on any atom is 0.273 e. The molecule has 0 aliphatic carbocycles. The van der Waals surface area contributed by atoms with Crippen LogP contribution in [0.5, 0.6) is 0 Å². The van der Waals surface area contributed by atoms with E-state index < -0.39 is 0 Å². The van der Waals surface area contributed by atoms with Gasteiger partial charge in [-0.2, -0.15) is 0 Å². The van der Waals surface area contributed by atoms with Gasteiger partial charge < -0.3 is 15.7 Å². The highest BCUT2D eigenvalue weighted by Gasteiger charge is 2.43. The number of aromatic nitrogens is 1. The van der Waals surface area contributed by atoms with Gasteiger partial charge in [0.05, 0.1) is 6.04 Å². The zero-order chi connectivity index (χ0) is 18.1. The Morgan fingerprint density at radius 2 is 1.96 bits per heavy atom. The second-order valence-electron chi connectivity index (χ2n) is 7.48. The summed E-state index contributed by atoms with van der Waals surface area (Å²) >= 11 is 1.47. The molecule has 1 aromatic carbocycles. The van der Waals surface area contributed by atoms with Crippen molar-refractivity contribution in [1.82, 2.24) is 9.88 Å². The normalized spacial score (nSPS) is 26.1. The molecule has 2 fully saturated rings. The molecule has 1 aromatic heterocycles. The molecule has 0 spiro atoms. The Hall–Kier alpha value is -1.76. The van der Waals surface area contributed by atoms with Crippen LogP contribution in [0, 0.1) is 5.92 Å². The lowest BCUT2D eigenvalue weighted by Gasteiger charge is -2.38. The lowest BCUT2D eigenvalue weighted by molar-refractivity contribution is 0.0448. The molecule has 2 aliphatic rings. The number of nitrogens with zero attached hydrogens (tertiary/aromatic N) is 2. The molecule has 6 heteroatoms. The molecule has 2 saturated heterocycles. The van der Waals surface area contributed by atoms with Crippen molar-refractivity contribution in [2.75, 3.05) is 6.61 Å². The maximum atomic E-state index is 13.0.